The number of anilines is 1. The number of hydrogen-bond acceptors (Lipinski definition) is 6. The van der Waals surface area contributed by atoms with E-state index in [1.807, 2.05) is 12.1 Å². The summed E-state index contributed by atoms with van der Waals surface area (Å²) in [5, 5.41) is 9.52. The molecule has 1 aliphatic heterocycles. The van der Waals surface area contributed by atoms with Gasteiger partial charge in [-0.25, -0.2) is 0 Å². The number of hydrogen-bond donors (Lipinski definition) is 3. The second-order valence-electron chi connectivity index (χ2n) is 6.68. The van der Waals surface area contributed by atoms with Crippen molar-refractivity contribution in [3.05, 3.63) is 53.2 Å². The maximum absolute atomic E-state index is 13.3. The van der Waals surface area contributed by atoms with E-state index in [0.717, 1.165) is 5.56 Å². The van der Waals surface area contributed by atoms with Crippen LogP contribution in [0.2, 0.25) is 0 Å². The van der Waals surface area contributed by atoms with E-state index in [1.54, 1.807) is 38.3 Å². The maximum Gasteiger partial charge on any atom is 0.255 e. The highest BCUT2D eigenvalue weighted by Crippen LogP contribution is 2.41. The van der Waals surface area contributed by atoms with Gasteiger partial charge in [-0.3, -0.25) is 4.79 Å². The minimum Gasteiger partial charge on any atom is -0.495 e. The molecule has 0 aliphatic carbocycles. The van der Waals surface area contributed by atoms with Gasteiger partial charge in [0.05, 0.1) is 45.7 Å². The first-order chi connectivity index (χ1) is 14.9. The number of benzene rings is 2. The molecule has 3 rings (SSSR count). The Hall–Kier alpha value is -3.46. The van der Waals surface area contributed by atoms with Crippen LogP contribution in [0.25, 0.3) is 0 Å². The van der Waals surface area contributed by atoms with Crippen LogP contribution in [0.3, 0.4) is 0 Å². The molecule has 2 aromatic carbocycles. The Labute approximate surface area is 186 Å². The fraction of sp³-hybridized carbons (Fsp3) is 0.273. The maximum atomic E-state index is 13.3. The number of carbonyl (C=O) groups excluding carboxylic acids is 1. The highest BCUT2D eigenvalue weighted by atomic mass is 32.1. The topological polar surface area (TPSA) is 90.1 Å². The standard InChI is InChI=1S/C22H25N3O5S/c1-12-18(21(26)24-14-8-6-7-9-15(14)27-2)19(25-22(31)23-12)13-10-16(28-3)20(30-5)17(11-13)29-4/h6-11,19H,1-5H3,(H,24,26)(H2,23,25,31). The number of carbonyl (C=O) groups is 1. The third kappa shape index (κ3) is 4.51. The van der Waals surface area contributed by atoms with E-state index < -0.39 is 6.04 Å². The van der Waals surface area contributed by atoms with Crippen LogP contribution in [0, 0.1) is 0 Å². The highest BCUT2D eigenvalue weighted by Gasteiger charge is 2.32. The normalized spacial score (nSPS) is 15.5. The van der Waals surface area contributed by atoms with Crippen LogP contribution >= 0.6 is 12.2 Å². The van der Waals surface area contributed by atoms with E-state index in [9.17, 15) is 4.79 Å². The summed E-state index contributed by atoms with van der Waals surface area (Å²) in [5.74, 6) is 1.68. The molecule has 1 heterocycles. The number of amides is 1. The molecule has 3 N–H and O–H groups in total. The van der Waals surface area contributed by atoms with Gasteiger partial charge in [0.25, 0.3) is 5.91 Å². The van der Waals surface area contributed by atoms with Gasteiger partial charge in [0.15, 0.2) is 16.6 Å². The van der Waals surface area contributed by atoms with Crippen molar-refractivity contribution < 1.29 is 23.7 Å². The Morgan fingerprint density at radius 2 is 1.58 bits per heavy atom. The largest absolute Gasteiger partial charge is 0.495 e. The molecule has 1 atom stereocenters. The summed E-state index contributed by atoms with van der Waals surface area (Å²) in [6, 6.07) is 10.2. The fourth-order valence-electron chi connectivity index (χ4n) is 3.45. The van der Waals surface area contributed by atoms with Crippen molar-refractivity contribution in [1.82, 2.24) is 10.6 Å². The molecule has 1 unspecified atom stereocenters. The Morgan fingerprint density at radius 3 is 2.16 bits per heavy atom. The van der Waals surface area contributed by atoms with E-state index in [-0.39, 0.29) is 5.91 Å². The predicted molar refractivity (Wildman–Crippen MR) is 122 cm³/mol. The Bertz CT molecular complexity index is 1010. The van der Waals surface area contributed by atoms with Crippen LogP contribution < -0.4 is 34.9 Å². The van der Waals surface area contributed by atoms with Crippen LogP contribution in [0.4, 0.5) is 5.69 Å². The zero-order valence-electron chi connectivity index (χ0n) is 18.0. The number of rotatable bonds is 7. The third-order valence-corrected chi connectivity index (χ3v) is 5.11. The van der Waals surface area contributed by atoms with Gasteiger partial charge in [-0.1, -0.05) is 12.1 Å². The first-order valence-corrected chi connectivity index (χ1v) is 9.86. The van der Waals surface area contributed by atoms with E-state index in [0.29, 0.717) is 45.1 Å². The average Bonchev–Trinajstić information content (AvgIpc) is 2.77. The zero-order chi connectivity index (χ0) is 22.5. The molecule has 0 radical (unpaired) electrons. The van der Waals surface area contributed by atoms with Crippen molar-refractivity contribution in [1.29, 1.82) is 0 Å². The summed E-state index contributed by atoms with van der Waals surface area (Å²) < 4.78 is 21.7. The van der Waals surface area contributed by atoms with E-state index in [1.165, 1.54) is 21.3 Å². The number of nitrogens with one attached hydrogen (secondary N) is 3. The Morgan fingerprint density at radius 1 is 0.968 bits per heavy atom. The number of ether oxygens (including phenoxy) is 4. The molecule has 0 fully saturated rings. The fourth-order valence-corrected chi connectivity index (χ4v) is 3.72. The minimum absolute atomic E-state index is 0.303. The van der Waals surface area contributed by atoms with Crippen molar-refractivity contribution in [2.24, 2.45) is 0 Å². The molecule has 2 aromatic rings. The number of allylic oxidation sites excluding steroid dienone is 1. The van der Waals surface area contributed by atoms with Crippen LogP contribution in [0.15, 0.2) is 47.7 Å². The van der Waals surface area contributed by atoms with Crippen molar-refractivity contribution in [3.63, 3.8) is 0 Å². The van der Waals surface area contributed by atoms with Gasteiger partial charge in [-0.15, -0.1) is 0 Å². The van der Waals surface area contributed by atoms with Crippen molar-refractivity contribution in [2.75, 3.05) is 33.8 Å². The molecular weight excluding hydrogens is 418 g/mol. The summed E-state index contributed by atoms with van der Waals surface area (Å²) >= 11 is 5.34. The second kappa shape index (κ2) is 9.57. The minimum atomic E-state index is -0.544. The highest BCUT2D eigenvalue weighted by molar-refractivity contribution is 7.80. The molecule has 164 valence electrons. The summed E-state index contributed by atoms with van der Waals surface area (Å²) in [7, 11) is 6.17. The lowest BCUT2D eigenvalue weighted by atomic mass is 9.94. The number of methoxy groups -OCH3 is 4. The molecule has 0 spiro atoms. The first-order valence-electron chi connectivity index (χ1n) is 9.46. The number of thiocarbonyl (C=S) groups is 1. The predicted octanol–water partition coefficient (Wildman–Crippen LogP) is 3.15. The van der Waals surface area contributed by atoms with Crippen LogP contribution in [0.5, 0.6) is 23.0 Å². The summed E-state index contributed by atoms with van der Waals surface area (Å²) in [4.78, 5) is 13.3. The summed E-state index contributed by atoms with van der Waals surface area (Å²) in [5.41, 5.74) is 2.39. The monoisotopic (exact) mass is 443 g/mol. The van der Waals surface area contributed by atoms with Crippen molar-refractivity contribution in [2.45, 2.75) is 13.0 Å². The van der Waals surface area contributed by atoms with Gasteiger partial charge in [0, 0.05) is 5.70 Å². The van der Waals surface area contributed by atoms with Crippen LogP contribution in [0.1, 0.15) is 18.5 Å². The molecule has 0 aromatic heterocycles. The van der Waals surface area contributed by atoms with Gasteiger partial charge in [-0.2, -0.15) is 0 Å². The van der Waals surface area contributed by atoms with E-state index >= 15 is 0 Å². The Kier molecular flexibility index (Phi) is 6.86. The van der Waals surface area contributed by atoms with Gasteiger partial charge >= 0.3 is 0 Å². The van der Waals surface area contributed by atoms with Gasteiger partial charge < -0.3 is 34.9 Å². The summed E-state index contributed by atoms with van der Waals surface area (Å²) in [6.45, 7) is 1.80. The number of para-hydroxylation sites is 2. The lowest BCUT2D eigenvalue weighted by Crippen LogP contribution is -2.45. The van der Waals surface area contributed by atoms with E-state index in [4.69, 9.17) is 31.2 Å². The van der Waals surface area contributed by atoms with Gasteiger partial charge in [0.1, 0.15) is 5.75 Å². The summed E-state index contributed by atoms with van der Waals surface area (Å²) in [6.07, 6.45) is 0. The molecule has 0 saturated heterocycles. The van der Waals surface area contributed by atoms with Gasteiger partial charge in [-0.05, 0) is 49.0 Å². The SMILES string of the molecule is COc1ccccc1NC(=O)C1=C(C)NC(=S)NC1c1cc(OC)c(OC)c(OC)c1. The Balaban J connectivity index is 2.05. The lowest BCUT2D eigenvalue weighted by Gasteiger charge is -2.31. The molecule has 1 amide bonds. The molecule has 9 heteroatoms. The quantitative estimate of drug-likeness (QED) is 0.563. The molecule has 0 bridgehead atoms. The molecule has 8 nitrogen and oxygen atoms in total. The average molecular weight is 444 g/mol. The van der Waals surface area contributed by atoms with Crippen molar-refractivity contribution in [3.8, 4) is 23.0 Å². The van der Waals surface area contributed by atoms with Crippen LogP contribution in [-0.4, -0.2) is 39.5 Å². The molecule has 0 saturated carbocycles. The van der Waals surface area contributed by atoms with Crippen LogP contribution in [-0.2, 0) is 4.79 Å². The van der Waals surface area contributed by atoms with Crippen molar-refractivity contribution >= 4 is 28.9 Å². The van der Waals surface area contributed by atoms with Gasteiger partial charge in [0.2, 0.25) is 5.75 Å². The van der Waals surface area contributed by atoms with E-state index in [2.05, 4.69) is 16.0 Å². The molecule has 1 aliphatic rings. The molecular formula is C22H25N3O5S. The third-order valence-electron chi connectivity index (χ3n) is 4.89. The first kappa shape index (κ1) is 22.2. The smallest absolute Gasteiger partial charge is 0.255 e. The second-order valence-corrected chi connectivity index (χ2v) is 7.09. The lowest BCUT2D eigenvalue weighted by molar-refractivity contribution is -0.113. The molecule has 31 heavy (non-hydrogen) atoms. The zero-order valence-corrected chi connectivity index (χ0v) is 18.8.